The molecule has 0 bridgehead atoms. The highest BCUT2D eigenvalue weighted by Crippen LogP contribution is 2.41. The molecule has 1 heterocycles. The molecule has 1 aliphatic rings. The SMILES string of the molecule is COc1ccc(C(NC(=O)NNC(=O)c2cccs2)C2CC2)cc1. The van der Waals surface area contributed by atoms with Crippen molar-refractivity contribution in [1.82, 2.24) is 16.2 Å². The van der Waals surface area contributed by atoms with Crippen LogP contribution in [0.25, 0.3) is 0 Å². The van der Waals surface area contributed by atoms with E-state index in [1.54, 1.807) is 19.2 Å². The number of methoxy groups -OCH3 is 1. The standard InChI is InChI=1S/C17H19N3O3S/c1-23-13-8-6-12(7-9-13)15(11-4-5-11)18-17(22)20-19-16(21)14-3-2-10-24-14/h2-3,6-11,15H,4-5H2,1H3,(H,19,21)(H2,18,20,22). The minimum Gasteiger partial charge on any atom is -0.497 e. The molecule has 1 aliphatic carbocycles. The average molecular weight is 345 g/mol. The zero-order valence-electron chi connectivity index (χ0n) is 13.2. The molecule has 3 rings (SSSR count). The number of thiophene rings is 1. The van der Waals surface area contributed by atoms with Crippen molar-refractivity contribution in [2.24, 2.45) is 5.92 Å². The van der Waals surface area contributed by atoms with Crippen LogP contribution >= 0.6 is 11.3 Å². The van der Waals surface area contributed by atoms with Gasteiger partial charge in [-0.25, -0.2) is 10.2 Å². The number of nitrogens with one attached hydrogen (secondary N) is 3. The lowest BCUT2D eigenvalue weighted by Gasteiger charge is -2.19. The summed E-state index contributed by atoms with van der Waals surface area (Å²) >= 11 is 1.32. The molecule has 6 nitrogen and oxygen atoms in total. The Morgan fingerprint density at radius 3 is 2.50 bits per heavy atom. The summed E-state index contributed by atoms with van der Waals surface area (Å²) in [5.41, 5.74) is 5.84. The highest BCUT2D eigenvalue weighted by atomic mass is 32.1. The fraction of sp³-hybridized carbons (Fsp3) is 0.294. The number of carbonyl (C=O) groups is 2. The van der Waals surface area contributed by atoms with Crippen molar-refractivity contribution in [2.45, 2.75) is 18.9 Å². The van der Waals surface area contributed by atoms with Crippen LogP contribution < -0.4 is 20.9 Å². The Balaban J connectivity index is 1.57. The van der Waals surface area contributed by atoms with Crippen LogP contribution in [0.1, 0.15) is 34.1 Å². The molecular weight excluding hydrogens is 326 g/mol. The molecular formula is C17H19N3O3S. The summed E-state index contributed by atoms with van der Waals surface area (Å²) in [6.07, 6.45) is 2.16. The van der Waals surface area contributed by atoms with Gasteiger partial charge in [-0.2, -0.15) is 0 Å². The lowest BCUT2D eigenvalue weighted by atomic mass is 10.0. The van der Waals surface area contributed by atoms with Gasteiger partial charge in [0, 0.05) is 0 Å². The molecule has 3 N–H and O–H groups in total. The van der Waals surface area contributed by atoms with Gasteiger partial charge in [-0.05, 0) is 47.9 Å². The third-order valence-electron chi connectivity index (χ3n) is 3.89. The fourth-order valence-corrected chi connectivity index (χ4v) is 3.09. The minimum atomic E-state index is -0.423. The topological polar surface area (TPSA) is 79.5 Å². The van der Waals surface area contributed by atoms with Crippen LogP contribution in [0.15, 0.2) is 41.8 Å². The monoisotopic (exact) mass is 345 g/mol. The Morgan fingerprint density at radius 2 is 1.92 bits per heavy atom. The van der Waals surface area contributed by atoms with E-state index in [0.717, 1.165) is 24.2 Å². The highest BCUT2D eigenvalue weighted by molar-refractivity contribution is 7.12. The first-order valence-electron chi connectivity index (χ1n) is 7.71. The zero-order chi connectivity index (χ0) is 16.9. The Kier molecular flexibility index (Phi) is 5.00. The molecule has 7 heteroatoms. The van der Waals surface area contributed by atoms with Crippen molar-refractivity contribution in [3.05, 3.63) is 52.2 Å². The number of urea groups is 1. The van der Waals surface area contributed by atoms with E-state index in [-0.39, 0.29) is 11.9 Å². The van der Waals surface area contributed by atoms with E-state index in [9.17, 15) is 9.59 Å². The van der Waals surface area contributed by atoms with E-state index in [0.29, 0.717) is 10.8 Å². The van der Waals surface area contributed by atoms with Gasteiger partial charge in [0.05, 0.1) is 18.0 Å². The predicted octanol–water partition coefficient (Wildman–Crippen LogP) is 2.85. The summed E-state index contributed by atoms with van der Waals surface area (Å²) < 4.78 is 5.16. The average Bonchev–Trinajstić information content (AvgIpc) is 3.30. The molecule has 1 unspecified atom stereocenters. The first kappa shape index (κ1) is 16.3. The number of amides is 3. The molecule has 0 saturated heterocycles. The summed E-state index contributed by atoms with van der Waals surface area (Å²) in [7, 11) is 1.62. The number of rotatable bonds is 5. The molecule has 24 heavy (non-hydrogen) atoms. The maximum absolute atomic E-state index is 12.1. The number of hydrazine groups is 1. The first-order valence-corrected chi connectivity index (χ1v) is 8.59. The number of benzene rings is 1. The molecule has 1 aromatic heterocycles. The molecule has 1 atom stereocenters. The number of carbonyl (C=O) groups excluding carboxylic acids is 2. The van der Waals surface area contributed by atoms with E-state index in [2.05, 4.69) is 16.2 Å². The molecule has 2 aromatic rings. The minimum absolute atomic E-state index is 0.0745. The molecule has 1 aromatic carbocycles. The third-order valence-corrected chi connectivity index (χ3v) is 4.76. The lowest BCUT2D eigenvalue weighted by Crippen LogP contribution is -2.48. The second kappa shape index (κ2) is 7.35. The maximum Gasteiger partial charge on any atom is 0.333 e. The lowest BCUT2D eigenvalue weighted by molar-refractivity contribution is 0.0940. The van der Waals surface area contributed by atoms with Gasteiger partial charge < -0.3 is 10.1 Å². The quantitative estimate of drug-likeness (QED) is 0.729. The summed E-state index contributed by atoms with van der Waals surface area (Å²) in [5.74, 6) is 0.880. The second-order valence-electron chi connectivity index (χ2n) is 5.62. The fourth-order valence-electron chi connectivity index (χ4n) is 2.47. The first-order chi connectivity index (χ1) is 11.7. The van der Waals surface area contributed by atoms with E-state index >= 15 is 0 Å². The number of ether oxygens (including phenoxy) is 1. The van der Waals surface area contributed by atoms with Gasteiger partial charge in [-0.15, -0.1) is 11.3 Å². The van der Waals surface area contributed by atoms with Crippen molar-refractivity contribution >= 4 is 23.3 Å². The van der Waals surface area contributed by atoms with E-state index in [4.69, 9.17) is 4.74 Å². The summed E-state index contributed by atoms with van der Waals surface area (Å²) in [4.78, 5) is 24.5. The van der Waals surface area contributed by atoms with Gasteiger partial charge in [0.25, 0.3) is 5.91 Å². The van der Waals surface area contributed by atoms with Gasteiger partial charge in [-0.3, -0.25) is 10.2 Å². The van der Waals surface area contributed by atoms with Crippen LogP contribution in [-0.4, -0.2) is 19.0 Å². The third kappa shape index (κ3) is 4.05. The second-order valence-corrected chi connectivity index (χ2v) is 6.57. The van der Waals surface area contributed by atoms with Crippen molar-refractivity contribution in [2.75, 3.05) is 7.11 Å². The van der Waals surface area contributed by atoms with Crippen LogP contribution in [0.5, 0.6) is 5.75 Å². The van der Waals surface area contributed by atoms with Gasteiger partial charge in [0.2, 0.25) is 0 Å². The Hall–Kier alpha value is -2.54. The summed E-state index contributed by atoms with van der Waals surface area (Å²) in [6.45, 7) is 0. The normalized spacial score (nSPS) is 14.5. The Bertz CT molecular complexity index is 696. The van der Waals surface area contributed by atoms with E-state index in [1.165, 1.54) is 11.3 Å². The largest absolute Gasteiger partial charge is 0.497 e. The van der Waals surface area contributed by atoms with Crippen LogP contribution in [0.4, 0.5) is 4.79 Å². The summed E-state index contributed by atoms with van der Waals surface area (Å²) in [6, 6.07) is 10.6. The number of hydrogen-bond acceptors (Lipinski definition) is 4. The Morgan fingerprint density at radius 1 is 1.17 bits per heavy atom. The Labute approximate surface area is 144 Å². The molecule has 126 valence electrons. The summed E-state index contributed by atoms with van der Waals surface area (Å²) in [5, 5.41) is 4.74. The zero-order valence-corrected chi connectivity index (χ0v) is 14.1. The van der Waals surface area contributed by atoms with Crippen LogP contribution in [0.3, 0.4) is 0 Å². The predicted molar refractivity (Wildman–Crippen MR) is 91.9 cm³/mol. The van der Waals surface area contributed by atoms with Crippen LogP contribution in [-0.2, 0) is 0 Å². The molecule has 0 aliphatic heterocycles. The van der Waals surface area contributed by atoms with Crippen molar-refractivity contribution in [1.29, 1.82) is 0 Å². The van der Waals surface area contributed by atoms with E-state index < -0.39 is 6.03 Å². The molecule has 1 fully saturated rings. The van der Waals surface area contributed by atoms with Gasteiger partial charge in [0.15, 0.2) is 0 Å². The van der Waals surface area contributed by atoms with Gasteiger partial charge in [0.1, 0.15) is 5.75 Å². The molecule has 1 saturated carbocycles. The van der Waals surface area contributed by atoms with Crippen molar-refractivity contribution in [3.8, 4) is 5.75 Å². The van der Waals surface area contributed by atoms with Gasteiger partial charge in [-0.1, -0.05) is 18.2 Å². The number of hydrogen-bond donors (Lipinski definition) is 3. The van der Waals surface area contributed by atoms with Crippen molar-refractivity contribution in [3.63, 3.8) is 0 Å². The van der Waals surface area contributed by atoms with Crippen molar-refractivity contribution < 1.29 is 14.3 Å². The van der Waals surface area contributed by atoms with Crippen LogP contribution in [0, 0.1) is 5.92 Å². The van der Waals surface area contributed by atoms with E-state index in [1.807, 2.05) is 29.6 Å². The van der Waals surface area contributed by atoms with Gasteiger partial charge >= 0.3 is 6.03 Å². The molecule has 3 amide bonds. The highest BCUT2D eigenvalue weighted by Gasteiger charge is 2.33. The smallest absolute Gasteiger partial charge is 0.333 e. The molecule has 0 radical (unpaired) electrons. The molecule has 0 spiro atoms. The maximum atomic E-state index is 12.1. The van der Waals surface area contributed by atoms with Crippen LogP contribution in [0.2, 0.25) is 0 Å².